The van der Waals surface area contributed by atoms with Crippen molar-refractivity contribution in [2.24, 2.45) is 5.73 Å². The molecule has 0 saturated carbocycles. The molecular formula is C10H15NO. The molecule has 2 nitrogen and oxygen atoms in total. The van der Waals surface area contributed by atoms with E-state index in [0.717, 1.165) is 11.1 Å². The van der Waals surface area contributed by atoms with Gasteiger partial charge in [-0.25, -0.2) is 0 Å². The van der Waals surface area contributed by atoms with Crippen molar-refractivity contribution in [3.05, 3.63) is 35.5 Å². The molecule has 0 bridgehead atoms. The van der Waals surface area contributed by atoms with Crippen LogP contribution >= 0.6 is 0 Å². The van der Waals surface area contributed by atoms with Crippen LogP contribution in [0.3, 0.4) is 0 Å². The summed E-state index contributed by atoms with van der Waals surface area (Å²) in [5, 5.41) is 0. The van der Waals surface area contributed by atoms with Gasteiger partial charge in [0, 0.05) is 5.57 Å². The lowest BCUT2D eigenvalue weighted by molar-refractivity contribution is -0.114. The van der Waals surface area contributed by atoms with Crippen LogP contribution in [0.15, 0.2) is 35.5 Å². The molecule has 2 heteroatoms. The monoisotopic (exact) mass is 165 g/mol. The van der Waals surface area contributed by atoms with Gasteiger partial charge in [-0.2, -0.15) is 0 Å². The van der Waals surface area contributed by atoms with E-state index in [1.165, 1.54) is 0 Å². The van der Waals surface area contributed by atoms with Gasteiger partial charge in [-0.05, 0) is 31.9 Å². The molecule has 0 aromatic rings. The zero-order valence-corrected chi connectivity index (χ0v) is 7.85. The van der Waals surface area contributed by atoms with Gasteiger partial charge in [0.15, 0.2) is 0 Å². The van der Waals surface area contributed by atoms with E-state index >= 15 is 0 Å². The van der Waals surface area contributed by atoms with E-state index in [1.54, 1.807) is 13.0 Å². The van der Waals surface area contributed by atoms with Crippen molar-refractivity contribution in [2.45, 2.75) is 20.8 Å². The quantitative estimate of drug-likeness (QED) is 0.504. The number of hydrogen-bond acceptors (Lipinski definition) is 1. The van der Waals surface area contributed by atoms with Crippen molar-refractivity contribution in [3.63, 3.8) is 0 Å². The van der Waals surface area contributed by atoms with Crippen molar-refractivity contribution >= 4 is 5.91 Å². The zero-order chi connectivity index (χ0) is 9.72. The van der Waals surface area contributed by atoms with Crippen LogP contribution in [0.25, 0.3) is 0 Å². The Kier molecular flexibility index (Phi) is 4.05. The molecule has 0 aliphatic rings. The van der Waals surface area contributed by atoms with Crippen LogP contribution in [-0.4, -0.2) is 5.91 Å². The van der Waals surface area contributed by atoms with E-state index in [9.17, 15) is 4.79 Å². The third-order valence-corrected chi connectivity index (χ3v) is 1.89. The summed E-state index contributed by atoms with van der Waals surface area (Å²) >= 11 is 0. The molecule has 0 aliphatic heterocycles. The maximum Gasteiger partial charge on any atom is 0.244 e. The largest absolute Gasteiger partial charge is 0.366 e. The lowest BCUT2D eigenvalue weighted by Gasteiger charge is -2.03. The Morgan fingerprint density at radius 3 is 2.08 bits per heavy atom. The summed E-state index contributed by atoms with van der Waals surface area (Å²) in [6.07, 6.45) is 3.54. The molecule has 0 aliphatic carbocycles. The van der Waals surface area contributed by atoms with Crippen LogP contribution in [0, 0.1) is 0 Å². The standard InChI is InChI=1S/C10H15NO/c1-5-6-7(2)8(3)9(4)10(11)12/h5-6H,1H2,2-4H3,(H2,11,12). The van der Waals surface area contributed by atoms with E-state index in [2.05, 4.69) is 6.58 Å². The number of nitrogens with two attached hydrogens (primary N) is 1. The van der Waals surface area contributed by atoms with Crippen molar-refractivity contribution in [3.8, 4) is 0 Å². The average Bonchev–Trinajstić information content (AvgIpc) is 2.02. The van der Waals surface area contributed by atoms with E-state index < -0.39 is 0 Å². The highest BCUT2D eigenvalue weighted by molar-refractivity contribution is 5.92. The van der Waals surface area contributed by atoms with Crippen LogP contribution < -0.4 is 5.73 Å². The number of rotatable bonds is 3. The first kappa shape index (κ1) is 10.7. The molecule has 0 aromatic carbocycles. The maximum atomic E-state index is 10.8. The molecule has 0 heterocycles. The summed E-state index contributed by atoms with van der Waals surface area (Å²) in [7, 11) is 0. The highest BCUT2D eigenvalue weighted by Gasteiger charge is 2.03. The van der Waals surface area contributed by atoms with Crippen molar-refractivity contribution in [1.82, 2.24) is 0 Å². The molecule has 0 rings (SSSR count). The summed E-state index contributed by atoms with van der Waals surface area (Å²) in [6, 6.07) is 0. The second-order valence-corrected chi connectivity index (χ2v) is 2.70. The third-order valence-electron chi connectivity index (χ3n) is 1.89. The smallest absolute Gasteiger partial charge is 0.244 e. The number of primary amides is 1. The molecule has 66 valence electrons. The van der Waals surface area contributed by atoms with Crippen LogP contribution in [0.4, 0.5) is 0 Å². The van der Waals surface area contributed by atoms with E-state index in [4.69, 9.17) is 5.73 Å². The van der Waals surface area contributed by atoms with E-state index in [0.29, 0.717) is 5.57 Å². The number of allylic oxidation sites excluding steroid dienone is 4. The Bertz CT molecular complexity index is 259. The number of carbonyl (C=O) groups excluding carboxylic acids is 1. The molecular weight excluding hydrogens is 150 g/mol. The predicted octanol–water partition coefficient (Wildman–Crippen LogP) is 1.94. The van der Waals surface area contributed by atoms with Crippen molar-refractivity contribution in [1.29, 1.82) is 0 Å². The summed E-state index contributed by atoms with van der Waals surface area (Å²) in [5.41, 5.74) is 7.66. The fraction of sp³-hybridized carbons (Fsp3) is 0.300. The Hall–Kier alpha value is -1.31. The molecule has 12 heavy (non-hydrogen) atoms. The lowest BCUT2D eigenvalue weighted by Crippen LogP contribution is -2.13. The van der Waals surface area contributed by atoms with Crippen molar-refractivity contribution < 1.29 is 4.79 Å². The Balaban J connectivity index is 4.90. The third kappa shape index (κ3) is 2.74. The van der Waals surface area contributed by atoms with Gasteiger partial charge in [0.1, 0.15) is 0 Å². The molecule has 1 amide bonds. The highest BCUT2D eigenvalue weighted by atomic mass is 16.1. The zero-order valence-electron chi connectivity index (χ0n) is 7.85. The molecule has 0 aromatic heterocycles. The van der Waals surface area contributed by atoms with Gasteiger partial charge in [0.2, 0.25) is 5.91 Å². The summed E-state index contributed by atoms with van der Waals surface area (Å²) in [5.74, 6) is -0.371. The minimum atomic E-state index is -0.371. The van der Waals surface area contributed by atoms with Gasteiger partial charge in [-0.1, -0.05) is 18.7 Å². The van der Waals surface area contributed by atoms with Gasteiger partial charge in [-0.3, -0.25) is 4.79 Å². The Labute approximate surface area is 73.5 Å². The summed E-state index contributed by atoms with van der Waals surface area (Å²) < 4.78 is 0. The van der Waals surface area contributed by atoms with Gasteiger partial charge >= 0.3 is 0 Å². The number of carbonyl (C=O) groups is 1. The second kappa shape index (κ2) is 4.54. The average molecular weight is 165 g/mol. The SMILES string of the molecule is C=CC=C(C)C(C)=C(C)C(N)=O. The van der Waals surface area contributed by atoms with E-state index in [-0.39, 0.29) is 5.91 Å². The highest BCUT2D eigenvalue weighted by Crippen LogP contribution is 2.12. The number of amides is 1. The first-order valence-electron chi connectivity index (χ1n) is 3.77. The second-order valence-electron chi connectivity index (χ2n) is 2.70. The minimum absolute atomic E-state index is 0.371. The van der Waals surface area contributed by atoms with Crippen LogP contribution in [0.1, 0.15) is 20.8 Å². The topological polar surface area (TPSA) is 43.1 Å². The first-order chi connectivity index (χ1) is 5.50. The van der Waals surface area contributed by atoms with E-state index in [1.807, 2.05) is 19.9 Å². The van der Waals surface area contributed by atoms with Gasteiger partial charge in [-0.15, -0.1) is 0 Å². The normalized spacial score (nSPS) is 13.8. The maximum absolute atomic E-state index is 10.8. The number of hydrogen-bond donors (Lipinski definition) is 1. The van der Waals surface area contributed by atoms with Gasteiger partial charge < -0.3 is 5.73 Å². The summed E-state index contributed by atoms with van der Waals surface area (Å²) in [4.78, 5) is 10.8. The molecule has 0 atom stereocenters. The van der Waals surface area contributed by atoms with Gasteiger partial charge in [0.05, 0.1) is 0 Å². The molecule has 0 spiro atoms. The first-order valence-corrected chi connectivity index (χ1v) is 3.77. The van der Waals surface area contributed by atoms with Crippen LogP contribution in [0.2, 0.25) is 0 Å². The Morgan fingerprint density at radius 1 is 1.25 bits per heavy atom. The Morgan fingerprint density at radius 2 is 1.75 bits per heavy atom. The van der Waals surface area contributed by atoms with Crippen LogP contribution in [-0.2, 0) is 4.79 Å². The molecule has 0 radical (unpaired) electrons. The summed E-state index contributed by atoms with van der Waals surface area (Å²) in [6.45, 7) is 9.08. The van der Waals surface area contributed by atoms with Crippen molar-refractivity contribution in [2.75, 3.05) is 0 Å². The lowest BCUT2D eigenvalue weighted by atomic mass is 10.0. The fourth-order valence-corrected chi connectivity index (χ4v) is 0.782. The molecule has 0 fully saturated rings. The molecule has 0 saturated heterocycles. The fourth-order valence-electron chi connectivity index (χ4n) is 0.782. The predicted molar refractivity (Wildman–Crippen MR) is 51.5 cm³/mol. The van der Waals surface area contributed by atoms with Crippen LogP contribution in [0.5, 0.6) is 0 Å². The molecule has 0 unspecified atom stereocenters. The van der Waals surface area contributed by atoms with Gasteiger partial charge in [0.25, 0.3) is 0 Å². The minimum Gasteiger partial charge on any atom is -0.366 e. The molecule has 2 N–H and O–H groups in total.